The monoisotopic (exact) mass is 386 g/mol. The van der Waals surface area contributed by atoms with Gasteiger partial charge in [0, 0.05) is 31.9 Å². The number of aryl methyl sites for hydroxylation is 1. The van der Waals surface area contributed by atoms with Crippen LogP contribution in [0.1, 0.15) is 56.7 Å². The molecule has 1 aromatic rings. The average molecular weight is 387 g/mol. The summed E-state index contributed by atoms with van der Waals surface area (Å²) in [6.07, 6.45) is 5.91. The molecule has 154 valence electrons. The molecule has 0 unspecified atom stereocenters. The zero-order chi connectivity index (χ0) is 20.1. The van der Waals surface area contributed by atoms with E-state index in [9.17, 15) is 9.59 Å². The van der Waals surface area contributed by atoms with Gasteiger partial charge in [0.1, 0.15) is 0 Å². The molecule has 0 spiro atoms. The van der Waals surface area contributed by atoms with Crippen molar-refractivity contribution in [2.75, 3.05) is 38.1 Å². The molecule has 2 aliphatic heterocycles. The molecule has 2 amide bonds. The van der Waals surface area contributed by atoms with E-state index in [0.717, 1.165) is 26.1 Å². The first-order chi connectivity index (χ1) is 13.5. The highest BCUT2D eigenvalue weighted by atomic mass is 16.2. The van der Waals surface area contributed by atoms with Gasteiger partial charge in [0.15, 0.2) is 0 Å². The molecule has 6 heteroatoms. The Morgan fingerprint density at radius 2 is 1.79 bits per heavy atom. The van der Waals surface area contributed by atoms with Crippen molar-refractivity contribution in [2.45, 2.75) is 58.0 Å². The molecule has 6 nitrogen and oxygen atoms in total. The summed E-state index contributed by atoms with van der Waals surface area (Å²) in [6, 6.07) is 6.78. The van der Waals surface area contributed by atoms with Crippen molar-refractivity contribution >= 4 is 17.5 Å². The lowest BCUT2D eigenvalue weighted by Gasteiger charge is -2.36. The van der Waals surface area contributed by atoms with Crippen LogP contribution in [0.15, 0.2) is 18.2 Å². The molecular weight excluding hydrogens is 352 g/mol. The number of nitrogens with one attached hydrogen (secondary N) is 2. The van der Waals surface area contributed by atoms with Crippen molar-refractivity contribution in [3.05, 3.63) is 29.3 Å². The molecule has 1 atom stereocenters. The first-order valence-electron chi connectivity index (χ1n) is 10.6. The first kappa shape index (κ1) is 20.6. The number of piperidine rings is 1. The Bertz CT molecular complexity index is 698. The van der Waals surface area contributed by atoms with Gasteiger partial charge in [0.25, 0.3) is 0 Å². The summed E-state index contributed by atoms with van der Waals surface area (Å²) in [5, 5.41) is 5.53. The number of hydrogen-bond acceptors (Lipinski definition) is 4. The molecule has 1 saturated heterocycles. The fraction of sp³-hybridized carbons (Fsp3) is 0.636. The molecule has 1 fully saturated rings. The van der Waals surface area contributed by atoms with E-state index in [4.69, 9.17) is 0 Å². The SMILES string of the molecule is CC(C)NC(=O)C(=O)NC[C@H](c1ccc2c(c1)CCCN2C)N1CCCCC1. The fourth-order valence-electron chi connectivity index (χ4n) is 4.30. The predicted molar refractivity (Wildman–Crippen MR) is 112 cm³/mol. The van der Waals surface area contributed by atoms with Crippen molar-refractivity contribution < 1.29 is 9.59 Å². The van der Waals surface area contributed by atoms with Gasteiger partial charge in [-0.05, 0) is 69.8 Å². The van der Waals surface area contributed by atoms with E-state index in [2.05, 4.69) is 45.7 Å². The van der Waals surface area contributed by atoms with E-state index in [-0.39, 0.29) is 12.1 Å². The second kappa shape index (κ2) is 9.41. The zero-order valence-electron chi connectivity index (χ0n) is 17.5. The van der Waals surface area contributed by atoms with Crippen LogP contribution in [-0.4, -0.2) is 56.0 Å². The molecular formula is C22H34N4O2. The maximum Gasteiger partial charge on any atom is 0.309 e. The van der Waals surface area contributed by atoms with Gasteiger partial charge < -0.3 is 15.5 Å². The molecule has 0 aromatic heterocycles. The Kier molecular flexibility index (Phi) is 6.94. The lowest BCUT2D eigenvalue weighted by molar-refractivity contribution is -0.139. The molecule has 2 heterocycles. The number of rotatable bonds is 5. The van der Waals surface area contributed by atoms with E-state index in [0.29, 0.717) is 6.54 Å². The smallest absolute Gasteiger partial charge is 0.309 e. The number of fused-ring (bicyclic) bond motifs is 1. The highest BCUT2D eigenvalue weighted by molar-refractivity contribution is 6.35. The van der Waals surface area contributed by atoms with Gasteiger partial charge >= 0.3 is 11.8 Å². The molecule has 2 aliphatic rings. The van der Waals surface area contributed by atoms with Gasteiger partial charge in [-0.2, -0.15) is 0 Å². The summed E-state index contributed by atoms with van der Waals surface area (Å²) < 4.78 is 0. The number of likely N-dealkylation sites (tertiary alicyclic amines) is 1. The summed E-state index contributed by atoms with van der Waals surface area (Å²) in [6.45, 7) is 7.34. The molecule has 28 heavy (non-hydrogen) atoms. The Morgan fingerprint density at radius 1 is 1.04 bits per heavy atom. The highest BCUT2D eigenvalue weighted by Crippen LogP contribution is 2.31. The van der Waals surface area contributed by atoms with E-state index < -0.39 is 11.8 Å². The average Bonchev–Trinajstić information content (AvgIpc) is 2.68. The Hall–Kier alpha value is -2.08. The lowest BCUT2D eigenvalue weighted by atomic mass is 9.95. The van der Waals surface area contributed by atoms with E-state index in [1.165, 1.54) is 42.5 Å². The minimum atomic E-state index is -0.556. The van der Waals surface area contributed by atoms with Crippen LogP contribution in [0.25, 0.3) is 0 Å². The summed E-state index contributed by atoms with van der Waals surface area (Å²) in [5.74, 6) is -1.10. The second-order valence-electron chi connectivity index (χ2n) is 8.36. The number of benzene rings is 1. The van der Waals surface area contributed by atoms with Crippen molar-refractivity contribution in [2.24, 2.45) is 0 Å². The topological polar surface area (TPSA) is 64.7 Å². The van der Waals surface area contributed by atoms with Crippen molar-refractivity contribution in [1.29, 1.82) is 0 Å². The summed E-state index contributed by atoms with van der Waals surface area (Å²) >= 11 is 0. The van der Waals surface area contributed by atoms with Crippen LogP contribution in [0.4, 0.5) is 5.69 Å². The van der Waals surface area contributed by atoms with Crippen LogP contribution < -0.4 is 15.5 Å². The quantitative estimate of drug-likeness (QED) is 0.762. The second-order valence-corrected chi connectivity index (χ2v) is 8.36. The summed E-state index contributed by atoms with van der Waals surface area (Å²) in [4.78, 5) is 29.0. The van der Waals surface area contributed by atoms with Crippen molar-refractivity contribution in [3.8, 4) is 0 Å². The number of carbonyl (C=O) groups excluding carboxylic acids is 2. The standard InChI is InChI=1S/C22H34N4O2/c1-16(2)24-22(28)21(27)23-15-20(26-12-5-4-6-13-26)18-9-10-19-17(14-18)8-7-11-25(19)3/h9-10,14,16,20H,4-8,11-13,15H2,1-3H3,(H,23,27)(H,24,28)/t20-/m1/s1. The van der Waals surface area contributed by atoms with E-state index in [1.807, 2.05) is 13.8 Å². The van der Waals surface area contributed by atoms with Crippen LogP contribution >= 0.6 is 0 Å². The van der Waals surface area contributed by atoms with Crippen LogP contribution in [0.3, 0.4) is 0 Å². The van der Waals surface area contributed by atoms with Crippen molar-refractivity contribution in [1.82, 2.24) is 15.5 Å². The third-order valence-corrected chi connectivity index (χ3v) is 5.75. The number of nitrogens with zero attached hydrogens (tertiary/aromatic N) is 2. The number of anilines is 1. The van der Waals surface area contributed by atoms with Gasteiger partial charge in [-0.15, -0.1) is 0 Å². The highest BCUT2D eigenvalue weighted by Gasteiger charge is 2.25. The largest absolute Gasteiger partial charge is 0.374 e. The van der Waals surface area contributed by atoms with Crippen LogP contribution in [-0.2, 0) is 16.0 Å². The predicted octanol–water partition coefficient (Wildman–Crippen LogP) is 2.24. The number of hydrogen-bond donors (Lipinski definition) is 2. The lowest BCUT2D eigenvalue weighted by Crippen LogP contribution is -2.46. The van der Waals surface area contributed by atoms with Crippen LogP contribution in [0, 0.1) is 0 Å². The Balaban J connectivity index is 1.76. The molecule has 0 aliphatic carbocycles. The van der Waals surface area contributed by atoms with Gasteiger partial charge in [0.2, 0.25) is 0 Å². The van der Waals surface area contributed by atoms with Gasteiger partial charge in [0.05, 0.1) is 6.04 Å². The maximum atomic E-state index is 12.2. The molecule has 0 bridgehead atoms. The zero-order valence-corrected chi connectivity index (χ0v) is 17.5. The third kappa shape index (κ3) is 5.04. The number of amides is 2. The summed E-state index contributed by atoms with van der Waals surface area (Å²) in [7, 11) is 2.15. The maximum absolute atomic E-state index is 12.2. The number of carbonyl (C=O) groups is 2. The minimum absolute atomic E-state index is 0.0474. The molecule has 0 saturated carbocycles. The Morgan fingerprint density at radius 3 is 2.50 bits per heavy atom. The van der Waals surface area contributed by atoms with Crippen LogP contribution in [0.5, 0.6) is 0 Å². The Labute approximate surface area is 168 Å². The van der Waals surface area contributed by atoms with Gasteiger partial charge in [-0.1, -0.05) is 18.6 Å². The first-order valence-corrected chi connectivity index (χ1v) is 10.6. The minimum Gasteiger partial charge on any atom is -0.374 e. The van der Waals surface area contributed by atoms with Gasteiger partial charge in [-0.3, -0.25) is 14.5 Å². The van der Waals surface area contributed by atoms with E-state index >= 15 is 0 Å². The summed E-state index contributed by atoms with van der Waals surface area (Å²) in [5.41, 5.74) is 3.94. The van der Waals surface area contributed by atoms with E-state index in [1.54, 1.807) is 0 Å². The molecule has 0 radical (unpaired) electrons. The normalized spacial score (nSPS) is 18.5. The van der Waals surface area contributed by atoms with Crippen molar-refractivity contribution in [3.63, 3.8) is 0 Å². The van der Waals surface area contributed by atoms with Crippen LogP contribution in [0.2, 0.25) is 0 Å². The third-order valence-electron chi connectivity index (χ3n) is 5.75. The molecule has 2 N–H and O–H groups in total. The molecule has 1 aromatic carbocycles. The molecule has 3 rings (SSSR count). The van der Waals surface area contributed by atoms with Gasteiger partial charge in [-0.25, -0.2) is 0 Å². The fourth-order valence-corrected chi connectivity index (χ4v) is 4.30.